The predicted molar refractivity (Wildman–Crippen MR) is 111 cm³/mol. The van der Waals surface area contributed by atoms with Gasteiger partial charge in [-0.3, -0.25) is 4.79 Å². The molecule has 2 aromatic rings. The molecule has 1 aromatic carbocycles. The second-order valence-electron chi connectivity index (χ2n) is 7.09. The average molecular weight is 402 g/mol. The second-order valence-corrected chi connectivity index (χ2v) is 8.19. The number of para-hydroxylation sites is 1. The van der Waals surface area contributed by atoms with Crippen LogP contribution in [0.25, 0.3) is 0 Å². The van der Waals surface area contributed by atoms with E-state index in [-0.39, 0.29) is 11.9 Å². The Bertz CT molecular complexity index is 815. The number of thiophene rings is 1. The second kappa shape index (κ2) is 9.73. The molecule has 1 amide bonds. The van der Waals surface area contributed by atoms with Gasteiger partial charge in [0.15, 0.2) is 0 Å². The molecule has 0 aliphatic heterocycles. The summed E-state index contributed by atoms with van der Waals surface area (Å²) in [5.41, 5.74) is 1.62. The van der Waals surface area contributed by atoms with Crippen LogP contribution in [0, 0.1) is 5.92 Å². The maximum atomic E-state index is 12.5. The van der Waals surface area contributed by atoms with Gasteiger partial charge in [-0.05, 0) is 56.2 Å². The van der Waals surface area contributed by atoms with E-state index < -0.39 is 0 Å². The van der Waals surface area contributed by atoms with E-state index in [4.69, 9.17) is 9.47 Å². The molecule has 1 aliphatic carbocycles. The molecule has 1 aliphatic rings. The van der Waals surface area contributed by atoms with Gasteiger partial charge in [-0.1, -0.05) is 25.1 Å². The van der Waals surface area contributed by atoms with Crippen molar-refractivity contribution in [2.24, 2.45) is 5.92 Å². The largest absolute Gasteiger partial charge is 0.494 e. The van der Waals surface area contributed by atoms with E-state index >= 15 is 0 Å². The molecule has 1 aromatic heterocycles. The summed E-state index contributed by atoms with van der Waals surface area (Å²) in [5, 5.41) is 3.57. The number of hydrogen-bond acceptors (Lipinski definition) is 5. The molecule has 0 fully saturated rings. The number of nitrogens with one attached hydrogen (secondary N) is 1. The molecular formula is C22H27NO4S. The highest BCUT2D eigenvalue weighted by atomic mass is 32.1. The van der Waals surface area contributed by atoms with Gasteiger partial charge < -0.3 is 14.8 Å². The Morgan fingerprint density at radius 3 is 2.79 bits per heavy atom. The topological polar surface area (TPSA) is 64.6 Å². The summed E-state index contributed by atoms with van der Waals surface area (Å²) < 4.78 is 10.9. The molecule has 3 rings (SSSR count). The first kappa shape index (κ1) is 20.4. The van der Waals surface area contributed by atoms with E-state index in [0.717, 1.165) is 30.6 Å². The molecule has 5 nitrogen and oxygen atoms in total. The maximum absolute atomic E-state index is 12.5. The fourth-order valence-electron chi connectivity index (χ4n) is 3.39. The molecular weight excluding hydrogens is 374 g/mol. The van der Waals surface area contributed by atoms with Crippen molar-refractivity contribution in [3.05, 3.63) is 46.3 Å². The van der Waals surface area contributed by atoms with Gasteiger partial charge >= 0.3 is 5.97 Å². The third-order valence-electron chi connectivity index (χ3n) is 4.80. The molecule has 0 radical (unpaired) electrons. The molecule has 0 bridgehead atoms. The minimum atomic E-state index is -0.336. The van der Waals surface area contributed by atoms with Crippen LogP contribution in [-0.4, -0.2) is 25.1 Å². The summed E-state index contributed by atoms with van der Waals surface area (Å²) in [6, 6.07) is 9.55. The lowest BCUT2D eigenvalue weighted by Crippen LogP contribution is -2.17. The zero-order chi connectivity index (χ0) is 19.9. The standard InChI is InChI=1S/C22H27NO4S/c1-3-26-22(25)20-17-12-11-15(2)14-18(17)28-21(20)23-19(24)10-7-13-27-16-8-5-4-6-9-16/h4-6,8-9,15H,3,7,10-14H2,1-2H3,(H,23,24). The number of hydrogen-bond donors (Lipinski definition) is 1. The van der Waals surface area contributed by atoms with Crippen molar-refractivity contribution < 1.29 is 19.1 Å². The van der Waals surface area contributed by atoms with E-state index in [1.807, 2.05) is 30.3 Å². The normalized spacial score (nSPS) is 15.6. The Morgan fingerprint density at radius 1 is 1.25 bits per heavy atom. The van der Waals surface area contributed by atoms with E-state index in [9.17, 15) is 9.59 Å². The number of amides is 1. The molecule has 28 heavy (non-hydrogen) atoms. The zero-order valence-corrected chi connectivity index (χ0v) is 17.3. The van der Waals surface area contributed by atoms with Gasteiger partial charge in [0.05, 0.1) is 18.8 Å². The van der Waals surface area contributed by atoms with Crippen LogP contribution in [0.3, 0.4) is 0 Å². The van der Waals surface area contributed by atoms with Crippen molar-refractivity contribution in [2.45, 2.75) is 46.0 Å². The molecule has 6 heteroatoms. The highest BCUT2D eigenvalue weighted by Crippen LogP contribution is 2.40. The Morgan fingerprint density at radius 2 is 2.04 bits per heavy atom. The highest BCUT2D eigenvalue weighted by molar-refractivity contribution is 7.17. The van der Waals surface area contributed by atoms with E-state index in [0.29, 0.717) is 42.5 Å². The van der Waals surface area contributed by atoms with Gasteiger partial charge in [0.2, 0.25) is 5.91 Å². The number of ether oxygens (including phenoxy) is 2. The van der Waals surface area contributed by atoms with Crippen molar-refractivity contribution in [1.82, 2.24) is 0 Å². The lowest BCUT2D eigenvalue weighted by molar-refractivity contribution is -0.116. The summed E-state index contributed by atoms with van der Waals surface area (Å²) in [5.74, 6) is 0.957. The molecule has 0 saturated heterocycles. The molecule has 0 spiro atoms. The van der Waals surface area contributed by atoms with Crippen molar-refractivity contribution in [3.8, 4) is 5.75 Å². The molecule has 1 N–H and O–H groups in total. The number of benzene rings is 1. The smallest absolute Gasteiger partial charge is 0.341 e. The van der Waals surface area contributed by atoms with Gasteiger partial charge in [0.25, 0.3) is 0 Å². The SMILES string of the molecule is CCOC(=O)c1c(NC(=O)CCCOc2ccccc2)sc2c1CCC(C)C2. The van der Waals surface area contributed by atoms with Crippen LogP contribution in [0.2, 0.25) is 0 Å². The third kappa shape index (κ3) is 5.13. The average Bonchev–Trinajstić information content (AvgIpc) is 3.03. The van der Waals surface area contributed by atoms with Crippen LogP contribution in [-0.2, 0) is 22.4 Å². The van der Waals surface area contributed by atoms with E-state index in [2.05, 4.69) is 12.2 Å². The van der Waals surface area contributed by atoms with Gasteiger partial charge in [-0.25, -0.2) is 4.79 Å². The molecule has 1 atom stereocenters. The summed E-state index contributed by atoms with van der Waals surface area (Å²) >= 11 is 1.52. The van der Waals surface area contributed by atoms with Crippen molar-refractivity contribution in [1.29, 1.82) is 0 Å². The van der Waals surface area contributed by atoms with Gasteiger partial charge in [0, 0.05) is 11.3 Å². The van der Waals surface area contributed by atoms with E-state index in [1.54, 1.807) is 6.92 Å². The number of esters is 1. The zero-order valence-electron chi connectivity index (χ0n) is 16.5. The molecule has 0 saturated carbocycles. The minimum Gasteiger partial charge on any atom is -0.494 e. The van der Waals surface area contributed by atoms with Crippen LogP contribution in [0.4, 0.5) is 5.00 Å². The summed E-state index contributed by atoms with van der Waals surface area (Å²) in [6.45, 7) is 4.81. The van der Waals surface area contributed by atoms with Crippen molar-refractivity contribution in [2.75, 3.05) is 18.5 Å². The number of fused-ring (bicyclic) bond motifs is 1. The fraction of sp³-hybridized carbons (Fsp3) is 0.455. The van der Waals surface area contributed by atoms with Crippen LogP contribution in [0.5, 0.6) is 5.75 Å². The van der Waals surface area contributed by atoms with Gasteiger partial charge in [-0.2, -0.15) is 0 Å². The first-order valence-electron chi connectivity index (χ1n) is 9.87. The van der Waals surface area contributed by atoms with Gasteiger partial charge in [0.1, 0.15) is 10.8 Å². The Balaban J connectivity index is 1.60. The molecule has 150 valence electrons. The number of carbonyl (C=O) groups excluding carboxylic acids is 2. The van der Waals surface area contributed by atoms with Crippen LogP contribution in [0.15, 0.2) is 30.3 Å². The number of rotatable bonds is 8. The number of carbonyl (C=O) groups is 2. The lowest BCUT2D eigenvalue weighted by Gasteiger charge is -2.18. The fourth-order valence-corrected chi connectivity index (χ4v) is 4.80. The highest BCUT2D eigenvalue weighted by Gasteiger charge is 2.29. The molecule has 1 unspecified atom stereocenters. The first-order valence-corrected chi connectivity index (χ1v) is 10.7. The Hall–Kier alpha value is -2.34. The minimum absolute atomic E-state index is 0.103. The van der Waals surface area contributed by atoms with Crippen molar-refractivity contribution in [3.63, 3.8) is 0 Å². The quantitative estimate of drug-likeness (QED) is 0.507. The summed E-state index contributed by atoms with van der Waals surface area (Å²) in [6.07, 6.45) is 3.82. The van der Waals surface area contributed by atoms with Crippen LogP contribution >= 0.6 is 11.3 Å². The van der Waals surface area contributed by atoms with E-state index in [1.165, 1.54) is 16.2 Å². The molecule has 1 heterocycles. The first-order chi connectivity index (χ1) is 13.6. The third-order valence-corrected chi connectivity index (χ3v) is 5.97. The van der Waals surface area contributed by atoms with Crippen LogP contribution in [0.1, 0.15) is 53.9 Å². The Kier molecular flexibility index (Phi) is 7.09. The summed E-state index contributed by atoms with van der Waals surface area (Å²) in [7, 11) is 0. The maximum Gasteiger partial charge on any atom is 0.341 e. The monoisotopic (exact) mass is 401 g/mol. The Labute approximate surface area is 170 Å². The van der Waals surface area contributed by atoms with Gasteiger partial charge in [-0.15, -0.1) is 11.3 Å². The number of anilines is 1. The lowest BCUT2D eigenvalue weighted by atomic mass is 9.88. The summed E-state index contributed by atoms with van der Waals surface area (Å²) in [4.78, 5) is 26.1. The van der Waals surface area contributed by atoms with Crippen LogP contribution < -0.4 is 10.1 Å². The van der Waals surface area contributed by atoms with Crippen molar-refractivity contribution >= 4 is 28.2 Å². The predicted octanol–water partition coefficient (Wildman–Crippen LogP) is 4.85.